The van der Waals surface area contributed by atoms with Crippen molar-refractivity contribution in [3.8, 4) is 0 Å². The van der Waals surface area contributed by atoms with Gasteiger partial charge in [0.2, 0.25) is 0 Å². The van der Waals surface area contributed by atoms with Gasteiger partial charge < -0.3 is 20.2 Å². The fourth-order valence-corrected chi connectivity index (χ4v) is 3.31. The molecule has 28 heavy (non-hydrogen) atoms. The average Bonchev–Trinajstić information content (AvgIpc) is 2.58. The summed E-state index contributed by atoms with van der Waals surface area (Å²) in [7, 11) is 3.79. The Bertz CT molecular complexity index is 775. The number of allylic oxidation sites excluding steroid dienone is 1. The summed E-state index contributed by atoms with van der Waals surface area (Å²) in [5.74, 6) is -1.36. The SMILES string of the molecule is CC1=C(C(=O)O)C(c2ccccc2C(F)(F)F)N(CCCCN(C)C)C(=O)N1. The van der Waals surface area contributed by atoms with Gasteiger partial charge in [0.1, 0.15) is 0 Å². The number of carboxylic acid groups (broad SMARTS) is 1. The van der Waals surface area contributed by atoms with Crippen LogP contribution in [0.25, 0.3) is 0 Å². The van der Waals surface area contributed by atoms with E-state index in [1.807, 2.05) is 19.0 Å². The van der Waals surface area contributed by atoms with E-state index in [2.05, 4.69) is 5.32 Å². The molecule has 0 saturated carbocycles. The monoisotopic (exact) mass is 399 g/mol. The molecule has 0 spiro atoms. The number of carboxylic acids is 1. The van der Waals surface area contributed by atoms with Crippen LogP contribution in [0.2, 0.25) is 0 Å². The first-order chi connectivity index (χ1) is 13.0. The Morgan fingerprint density at radius 1 is 1.25 bits per heavy atom. The van der Waals surface area contributed by atoms with E-state index in [4.69, 9.17) is 0 Å². The lowest BCUT2D eigenvalue weighted by Crippen LogP contribution is -2.49. The molecule has 0 radical (unpaired) electrons. The standard InChI is InChI=1S/C19H24F3N3O3/c1-12-15(17(26)27)16(13-8-4-5-9-14(13)19(20,21)22)25(18(28)23-12)11-7-6-10-24(2)3/h4-5,8-9,16H,6-7,10-11H2,1-3H3,(H,23,28)(H,26,27). The minimum atomic E-state index is -4.67. The van der Waals surface area contributed by atoms with E-state index < -0.39 is 29.8 Å². The molecular weight excluding hydrogens is 375 g/mol. The number of amides is 2. The van der Waals surface area contributed by atoms with Gasteiger partial charge in [-0.25, -0.2) is 9.59 Å². The van der Waals surface area contributed by atoms with E-state index in [9.17, 15) is 27.9 Å². The van der Waals surface area contributed by atoms with Crippen LogP contribution in [0.4, 0.5) is 18.0 Å². The van der Waals surface area contributed by atoms with E-state index in [-0.39, 0.29) is 23.4 Å². The van der Waals surface area contributed by atoms with E-state index >= 15 is 0 Å². The maximum absolute atomic E-state index is 13.6. The van der Waals surface area contributed by atoms with Gasteiger partial charge in [0, 0.05) is 12.2 Å². The zero-order valence-corrected chi connectivity index (χ0v) is 16.0. The van der Waals surface area contributed by atoms with E-state index in [1.165, 1.54) is 30.0 Å². The van der Waals surface area contributed by atoms with Crippen LogP contribution in [0.3, 0.4) is 0 Å². The van der Waals surface area contributed by atoms with Crippen LogP contribution >= 0.6 is 0 Å². The number of unbranched alkanes of at least 4 members (excludes halogenated alkanes) is 1. The van der Waals surface area contributed by atoms with Crippen LogP contribution < -0.4 is 5.32 Å². The van der Waals surface area contributed by atoms with Gasteiger partial charge >= 0.3 is 18.2 Å². The van der Waals surface area contributed by atoms with Crippen molar-refractivity contribution in [1.29, 1.82) is 0 Å². The van der Waals surface area contributed by atoms with Crippen LogP contribution in [0.5, 0.6) is 0 Å². The Morgan fingerprint density at radius 2 is 1.89 bits per heavy atom. The highest BCUT2D eigenvalue weighted by Crippen LogP contribution is 2.41. The summed E-state index contributed by atoms with van der Waals surface area (Å²) in [4.78, 5) is 27.5. The highest BCUT2D eigenvalue weighted by atomic mass is 19.4. The third kappa shape index (κ3) is 4.83. The first-order valence-corrected chi connectivity index (χ1v) is 8.86. The molecule has 1 aromatic rings. The van der Waals surface area contributed by atoms with Crippen molar-refractivity contribution in [2.45, 2.75) is 32.0 Å². The number of hydrogen-bond donors (Lipinski definition) is 2. The quantitative estimate of drug-likeness (QED) is 0.689. The molecule has 9 heteroatoms. The number of carbonyl (C=O) groups excluding carboxylic acids is 1. The van der Waals surface area contributed by atoms with Crippen LogP contribution in [0.15, 0.2) is 35.5 Å². The van der Waals surface area contributed by atoms with Crippen molar-refractivity contribution < 1.29 is 27.9 Å². The Kier molecular flexibility index (Phi) is 6.71. The summed E-state index contributed by atoms with van der Waals surface area (Å²) < 4.78 is 40.7. The maximum atomic E-state index is 13.6. The van der Waals surface area contributed by atoms with Crippen molar-refractivity contribution in [3.63, 3.8) is 0 Å². The second-order valence-electron chi connectivity index (χ2n) is 6.97. The summed E-state index contributed by atoms with van der Waals surface area (Å²) in [6.45, 7) is 2.27. The number of nitrogens with one attached hydrogen (secondary N) is 1. The van der Waals surface area contributed by atoms with Gasteiger partial charge in [-0.15, -0.1) is 0 Å². The molecule has 1 unspecified atom stereocenters. The topological polar surface area (TPSA) is 72.9 Å². The number of aliphatic carboxylic acids is 1. The number of halogens is 3. The van der Waals surface area contributed by atoms with Gasteiger partial charge in [-0.2, -0.15) is 13.2 Å². The van der Waals surface area contributed by atoms with Crippen LogP contribution in [-0.2, 0) is 11.0 Å². The molecule has 1 aliphatic rings. The minimum absolute atomic E-state index is 0.0454. The normalized spacial score (nSPS) is 17.9. The molecule has 2 N–H and O–H groups in total. The lowest BCUT2D eigenvalue weighted by atomic mass is 9.90. The summed E-state index contributed by atoms with van der Waals surface area (Å²) >= 11 is 0. The zero-order chi connectivity index (χ0) is 21.1. The number of carbonyl (C=O) groups is 2. The van der Waals surface area contributed by atoms with Crippen molar-refractivity contribution in [3.05, 3.63) is 46.7 Å². The Hall–Kier alpha value is -2.55. The third-order valence-corrected chi connectivity index (χ3v) is 4.59. The smallest absolute Gasteiger partial charge is 0.416 e. The van der Waals surface area contributed by atoms with E-state index in [0.717, 1.165) is 19.0 Å². The molecule has 2 amide bonds. The van der Waals surface area contributed by atoms with Gasteiger partial charge in [0.15, 0.2) is 0 Å². The van der Waals surface area contributed by atoms with Gasteiger partial charge in [0.05, 0.1) is 17.2 Å². The minimum Gasteiger partial charge on any atom is -0.478 e. The molecule has 1 heterocycles. The first kappa shape index (κ1) is 21.7. The second-order valence-corrected chi connectivity index (χ2v) is 6.97. The molecule has 1 atom stereocenters. The molecular formula is C19H24F3N3O3. The molecule has 0 aliphatic carbocycles. The number of nitrogens with zero attached hydrogens (tertiary/aromatic N) is 2. The summed E-state index contributed by atoms with van der Waals surface area (Å²) in [6.07, 6.45) is -3.42. The Labute approximate surface area is 161 Å². The van der Waals surface area contributed by atoms with E-state index in [1.54, 1.807) is 0 Å². The van der Waals surface area contributed by atoms with Gasteiger partial charge in [-0.3, -0.25) is 0 Å². The third-order valence-electron chi connectivity index (χ3n) is 4.59. The van der Waals surface area contributed by atoms with Gasteiger partial charge in [-0.1, -0.05) is 18.2 Å². The van der Waals surface area contributed by atoms with Crippen molar-refractivity contribution >= 4 is 12.0 Å². The molecule has 154 valence electrons. The Morgan fingerprint density at radius 3 is 2.46 bits per heavy atom. The maximum Gasteiger partial charge on any atom is 0.416 e. The predicted octanol–water partition coefficient (Wildman–Crippen LogP) is 3.47. The van der Waals surface area contributed by atoms with Crippen molar-refractivity contribution in [2.24, 2.45) is 0 Å². The second kappa shape index (κ2) is 8.64. The highest BCUT2D eigenvalue weighted by Gasteiger charge is 2.42. The average molecular weight is 399 g/mol. The largest absolute Gasteiger partial charge is 0.478 e. The highest BCUT2D eigenvalue weighted by molar-refractivity contribution is 5.93. The summed E-state index contributed by atoms with van der Waals surface area (Å²) in [5, 5.41) is 12.1. The van der Waals surface area contributed by atoms with Crippen LogP contribution in [0.1, 0.15) is 36.9 Å². The molecule has 1 aliphatic heterocycles. The summed E-state index contributed by atoms with van der Waals surface area (Å²) in [6, 6.07) is 2.87. The number of benzene rings is 1. The molecule has 0 bridgehead atoms. The number of urea groups is 1. The fourth-order valence-electron chi connectivity index (χ4n) is 3.31. The predicted molar refractivity (Wildman–Crippen MR) is 97.5 cm³/mol. The number of alkyl halides is 3. The van der Waals surface area contributed by atoms with Gasteiger partial charge in [0.25, 0.3) is 0 Å². The molecule has 0 saturated heterocycles. The molecule has 6 nitrogen and oxygen atoms in total. The number of rotatable bonds is 7. The zero-order valence-electron chi connectivity index (χ0n) is 16.0. The van der Waals surface area contributed by atoms with Crippen LogP contribution in [-0.4, -0.2) is 54.1 Å². The van der Waals surface area contributed by atoms with Crippen LogP contribution in [0, 0.1) is 0 Å². The Balaban J connectivity index is 2.50. The van der Waals surface area contributed by atoms with E-state index in [0.29, 0.717) is 6.42 Å². The molecule has 2 rings (SSSR count). The van der Waals surface area contributed by atoms with Crippen molar-refractivity contribution in [2.75, 3.05) is 27.2 Å². The molecule has 0 fully saturated rings. The fraction of sp³-hybridized carbons (Fsp3) is 0.474. The lowest BCUT2D eigenvalue weighted by Gasteiger charge is -2.38. The van der Waals surface area contributed by atoms with Gasteiger partial charge in [-0.05, 0) is 52.0 Å². The first-order valence-electron chi connectivity index (χ1n) is 8.86. The van der Waals surface area contributed by atoms with Crippen molar-refractivity contribution in [1.82, 2.24) is 15.1 Å². The molecule has 1 aromatic carbocycles. The summed E-state index contributed by atoms with van der Waals surface area (Å²) in [5.41, 5.74) is -1.40. The molecule has 0 aromatic heterocycles. The lowest BCUT2D eigenvalue weighted by molar-refractivity contribution is -0.139. The number of hydrogen-bond acceptors (Lipinski definition) is 3.